The summed E-state index contributed by atoms with van der Waals surface area (Å²) in [6, 6.07) is 7.62. The second-order valence-corrected chi connectivity index (χ2v) is 7.59. The Labute approximate surface area is 125 Å². The van der Waals surface area contributed by atoms with Crippen molar-refractivity contribution in [3.63, 3.8) is 0 Å². The fourth-order valence-corrected chi connectivity index (χ4v) is 4.17. The van der Waals surface area contributed by atoms with E-state index in [1.165, 1.54) is 5.56 Å². The summed E-state index contributed by atoms with van der Waals surface area (Å²) in [6.45, 7) is 2.42. The van der Waals surface area contributed by atoms with Crippen LogP contribution in [0.4, 0.5) is 0 Å². The van der Waals surface area contributed by atoms with E-state index in [4.69, 9.17) is 4.74 Å². The van der Waals surface area contributed by atoms with E-state index in [0.29, 0.717) is 18.7 Å². The van der Waals surface area contributed by atoms with Crippen LogP contribution in [0.15, 0.2) is 24.3 Å². The zero-order chi connectivity index (χ0) is 15.3. The van der Waals surface area contributed by atoms with Crippen LogP contribution in [-0.4, -0.2) is 39.0 Å². The van der Waals surface area contributed by atoms with Gasteiger partial charge in [-0.05, 0) is 36.5 Å². The maximum Gasteiger partial charge on any atom is 0.257 e. The summed E-state index contributed by atoms with van der Waals surface area (Å²) >= 11 is 0. The lowest BCUT2D eigenvalue weighted by molar-refractivity contribution is -0.123. The van der Waals surface area contributed by atoms with Gasteiger partial charge in [0.2, 0.25) is 0 Å². The van der Waals surface area contributed by atoms with Gasteiger partial charge in [-0.25, -0.2) is 8.42 Å². The molecular weight excluding hydrogens is 290 g/mol. The molecule has 1 aromatic carbocycles. The molecule has 1 fully saturated rings. The summed E-state index contributed by atoms with van der Waals surface area (Å²) in [7, 11) is -2.89. The lowest BCUT2D eigenvalue weighted by Crippen LogP contribution is -2.33. The van der Waals surface area contributed by atoms with E-state index < -0.39 is 9.84 Å². The van der Waals surface area contributed by atoms with Crippen LogP contribution in [0.25, 0.3) is 0 Å². The SMILES string of the molecule is CCc1ccc(OCC(=O)NCC2CCS(=O)(=O)C2)cc1. The van der Waals surface area contributed by atoms with Crippen LogP contribution in [0, 0.1) is 5.92 Å². The standard InChI is InChI=1S/C15H21NO4S/c1-2-12-3-5-14(6-4-12)20-10-15(17)16-9-13-7-8-21(18,19)11-13/h3-6,13H,2,7-11H2,1H3,(H,16,17). The molecule has 1 unspecified atom stereocenters. The van der Waals surface area contributed by atoms with E-state index in [0.717, 1.165) is 6.42 Å². The molecule has 116 valence electrons. The second kappa shape index (κ2) is 6.93. The quantitative estimate of drug-likeness (QED) is 0.856. The van der Waals surface area contributed by atoms with Crippen LogP contribution in [0.5, 0.6) is 5.75 Å². The third-order valence-corrected chi connectivity index (χ3v) is 5.45. The minimum Gasteiger partial charge on any atom is -0.484 e. The second-order valence-electron chi connectivity index (χ2n) is 5.36. The third kappa shape index (κ3) is 5.04. The molecule has 2 rings (SSSR count). The zero-order valence-corrected chi connectivity index (χ0v) is 13.0. The summed E-state index contributed by atoms with van der Waals surface area (Å²) in [5.41, 5.74) is 1.22. The zero-order valence-electron chi connectivity index (χ0n) is 12.2. The van der Waals surface area contributed by atoms with Crippen LogP contribution in [0.2, 0.25) is 0 Å². The molecule has 1 atom stereocenters. The highest BCUT2D eigenvalue weighted by molar-refractivity contribution is 7.91. The summed E-state index contributed by atoms with van der Waals surface area (Å²) in [6.07, 6.45) is 1.59. The van der Waals surface area contributed by atoms with E-state index in [-0.39, 0.29) is 29.9 Å². The van der Waals surface area contributed by atoms with E-state index in [2.05, 4.69) is 12.2 Å². The van der Waals surface area contributed by atoms with Crippen molar-refractivity contribution in [3.05, 3.63) is 29.8 Å². The molecule has 0 bridgehead atoms. The maximum absolute atomic E-state index is 11.7. The number of carbonyl (C=O) groups excluding carboxylic acids is 1. The summed E-state index contributed by atoms with van der Waals surface area (Å²) in [5.74, 6) is 0.868. The first-order valence-electron chi connectivity index (χ1n) is 7.17. The van der Waals surface area contributed by atoms with Gasteiger partial charge >= 0.3 is 0 Å². The van der Waals surface area contributed by atoms with Gasteiger partial charge in [-0.3, -0.25) is 4.79 Å². The molecule has 1 aromatic rings. The number of hydrogen-bond donors (Lipinski definition) is 1. The van der Waals surface area contributed by atoms with Crippen LogP contribution in [0.1, 0.15) is 18.9 Å². The van der Waals surface area contributed by atoms with Crippen molar-refractivity contribution in [1.29, 1.82) is 0 Å². The Morgan fingerprint density at radius 2 is 2.05 bits per heavy atom. The monoisotopic (exact) mass is 311 g/mol. The Morgan fingerprint density at radius 3 is 2.62 bits per heavy atom. The van der Waals surface area contributed by atoms with Gasteiger partial charge in [-0.15, -0.1) is 0 Å². The number of hydrogen-bond acceptors (Lipinski definition) is 4. The highest BCUT2D eigenvalue weighted by Crippen LogP contribution is 2.17. The number of amides is 1. The average Bonchev–Trinajstić information content (AvgIpc) is 2.83. The fraction of sp³-hybridized carbons (Fsp3) is 0.533. The highest BCUT2D eigenvalue weighted by Gasteiger charge is 2.27. The van der Waals surface area contributed by atoms with Crippen molar-refractivity contribution >= 4 is 15.7 Å². The van der Waals surface area contributed by atoms with Crippen molar-refractivity contribution in [1.82, 2.24) is 5.32 Å². The van der Waals surface area contributed by atoms with Gasteiger partial charge in [-0.1, -0.05) is 19.1 Å². The van der Waals surface area contributed by atoms with E-state index in [1.54, 1.807) is 0 Å². The molecule has 0 saturated carbocycles. The first-order valence-corrected chi connectivity index (χ1v) is 8.99. The average molecular weight is 311 g/mol. The summed E-state index contributed by atoms with van der Waals surface area (Å²) < 4.78 is 28.0. The van der Waals surface area contributed by atoms with Gasteiger partial charge in [0.25, 0.3) is 5.91 Å². The Bertz CT molecular complexity index is 580. The van der Waals surface area contributed by atoms with Gasteiger partial charge in [0, 0.05) is 6.54 Å². The third-order valence-electron chi connectivity index (χ3n) is 3.62. The first kappa shape index (κ1) is 15.8. The molecule has 1 amide bonds. The molecule has 1 N–H and O–H groups in total. The van der Waals surface area contributed by atoms with Gasteiger partial charge in [0.1, 0.15) is 5.75 Å². The Morgan fingerprint density at radius 1 is 1.33 bits per heavy atom. The van der Waals surface area contributed by atoms with E-state index >= 15 is 0 Å². The minimum absolute atomic E-state index is 0.0304. The van der Waals surface area contributed by atoms with Gasteiger partial charge in [0.05, 0.1) is 11.5 Å². The van der Waals surface area contributed by atoms with E-state index in [9.17, 15) is 13.2 Å². The topological polar surface area (TPSA) is 72.5 Å². The molecule has 5 nitrogen and oxygen atoms in total. The number of ether oxygens (including phenoxy) is 1. The molecule has 6 heteroatoms. The Balaban J connectivity index is 1.70. The predicted octanol–water partition coefficient (Wildman–Crippen LogP) is 1.18. The number of rotatable bonds is 6. The molecule has 1 heterocycles. The Hall–Kier alpha value is -1.56. The van der Waals surface area contributed by atoms with Crippen molar-refractivity contribution in [3.8, 4) is 5.75 Å². The number of sulfone groups is 1. The van der Waals surface area contributed by atoms with Crippen LogP contribution < -0.4 is 10.1 Å². The first-order chi connectivity index (χ1) is 9.98. The van der Waals surface area contributed by atoms with Crippen molar-refractivity contribution in [2.75, 3.05) is 24.7 Å². The normalized spacial score (nSPS) is 20.1. The molecule has 1 saturated heterocycles. The van der Waals surface area contributed by atoms with Gasteiger partial charge < -0.3 is 10.1 Å². The molecular formula is C15H21NO4S. The smallest absolute Gasteiger partial charge is 0.257 e. The molecule has 1 aliphatic heterocycles. The number of carbonyl (C=O) groups is 1. The molecule has 0 spiro atoms. The molecule has 0 aliphatic carbocycles. The lowest BCUT2D eigenvalue weighted by Gasteiger charge is -2.10. The van der Waals surface area contributed by atoms with Crippen molar-refractivity contribution in [2.24, 2.45) is 5.92 Å². The van der Waals surface area contributed by atoms with Crippen LogP contribution >= 0.6 is 0 Å². The molecule has 0 radical (unpaired) electrons. The Kier molecular flexibility index (Phi) is 5.22. The van der Waals surface area contributed by atoms with Crippen LogP contribution in [0.3, 0.4) is 0 Å². The largest absolute Gasteiger partial charge is 0.484 e. The van der Waals surface area contributed by atoms with Gasteiger partial charge in [0.15, 0.2) is 16.4 Å². The fourth-order valence-electron chi connectivity index (χ4n) is 2.31. The molecule has 21 heavy (non-hydrogen) atoms. The van der Waals surface area contributed by atoms with Crippen molar-refractivity contribution < 1.29 is 17.9 Å². The number of aryl methyl sites for hydroxylation is 1. The highest BCUT2D eigenvalue weighted by atomic mass is 32.2. The maximum atomic E-state index is 11.7. The minimum atomic E-state index is -2.89. The molecule has 1 aliphatic rings. The van der Waals surface area contributed by atoms with E-state index in [1.807, 2.05) is 24.3 Å². The molecule has 0 aromatic heterocycles. The number of nitrogens with one attached hydrogen (secondary N) is 1. The predicted molar refractivity (Wildman–Crippen MR) is 81.1 cm³/mol. The lowest BCUT2D eigenvalue weighted by atomic mass is 10.1. The van der Waals surface area contributed by atoms with Crippen LogP contribution in [-0.2, 0) is 21.1 Å². The number of benzene rings is 1. The summed E-state index contributed by atoms with van der Waals surface area (Å²) in [5, 5.41) is 2.73. The van der Waals surface area contributed by atoms with Gasteiger partial charge in [-0.2, -0.15) is 0 Å². The summed E-state index contributed by atoms with van der Waals surface area (Å²) in [4.78, 5) is 11.7. The van der Waals surface area contributed by atoms with Crippen molar-refractivity contribution in [2.45, 2.75) is 19.8 Å².